The minimum absolute atomic E-state index is 0.531. The fourth-order valence-electron chi connectivity index (χ4n) is 2.66. The van der Waals surface area contributed by atoms with Crippen molar-refractivity contribution in [3.8, 4) is 0 Å². The van der Waals surface area contributed by atoms with Crippen molar-refractivity contribution in [1.29, 1.82) is 0 Å². The fraction of sp³-hybridized carbons (Fsp3) is 0.333. The normalized spacial score (nSPS) is 12.6. The summed E-state index contributed by atoms with van der Waals surface area (Å²) >= 11 is 0. The van der Waals surface area contributed by atoms with E-state index in [0.29, 0.717) is 5.92 Å². The molecule has 2 aromatic rings. The number of hydrogen-bond donors (Lipinski definition) is 0. The third kappa shape index (κ3) is 5.59. The van der Waals surface area contributed by atoms with Crippen LogP contribution in [0.4, 0.5) is 0 Å². The molecule has 0 amide bonds. The van der Waals surface area contributed by atoms with Gasteiger partial charge in [-0.1, -0.05) is 105 Å². The Morgan fingerprint density at radius 2 is 1.48 bits per heavy atom. The van der Waals surface area contributed by atoms with Crippen LogP contribution in [0.3, 0.4) is 0 Å². The van der Waals surface area contributed by atoms with Gasteiger partial charge in [0.15, 0.2) is 0 Å². The lowest BCUT2D eigenvalue weighted by molar-refractivity contribution is 0.605. The maximum Gasteiger partial charge on any atom is 0.00213 e. The van der Waals surface area contributed by atoms with Gasteiger partial charge in [-0.2, -0.15) is 0 Å². The van der Waals surface area contributed by atoms with Gasteiger partial charge in [0.25, 0.3) is 0 Å². The lowest BCUT2D eigenvalue weighted by Crippen LogP contribution is -1.95. The molecule has 0 heterocycles. The van der Waals surface area contributed by atoms with E-state index in [1.165, 1.54) is 43.2 Å². The zero-order chi connectivity index (χ0) is 14.8. The Kier molecular flexibility index (Phi) is 6.80. The molecular weight excluding hydrogens is 252 g/mol. The van der Waals surface area contributed by atoms with Gasteiger partial charge in [-0.25, -0.2) is 0 Å². The van der Waals surface area contributed by atoms with E-state index in [-0.39, 0.29) is 0 Å². The Morgan fingerprint density at radius 1 is 0.810 bits per heavy atom. The predicted molar refractivity (Wildman–Crippen MR) is 93.4 cm³/mol. The summed E-state index contributed by atoms with van der Waals surface area (Å²) in [7, 11) is 0. The van der Waals surface area contributed by atoms with Gasteiger partial charge >= 0.3 is 0 Å². The minimum Gasteiger partial charge on any atom is -0.0764 e. The molecule has 0 aliphatic carbocycles. The zero-order valence-electron chi connectivity index (χ0n) is 13.0. The average molecular weight is 278 g/mol. The van der Waals surface area contributed by atoms with Gasteiger partial charge in [0.2, 0.25) is 0 Å². The molecule has 1 unspecified atom stereocenters. The van der Waals surface area contributed by atoms with E-state index in [9.17, 15) is 0 Å². The van der Waals surface area contributed by atoms with Crippen molar-refractivity contribution in [2.75, 3.05) is 0 Å². The monoisotopic (exact) mass is 278 g/mol. The smallest absolute Gasteiger partial charge is 0.00213 e. The van der Waals surface area contributed by atoms with Crippen LogP contribution in [0.1, 0.15) is 56.1 Å². The molecule has 0 fully saturated rings. The van der Waals surface area contributed by atoms with Crippen molar-refractivity contribution in [2.45, 2.75) is 44.9 Å². The second kappa shape index (κ2) is 9.18. The van der Waals surface area contributed by atoms with Crippen LogP contribution in [0.2, 0.25) is 0 Å². The maximum absolute atomic E-state index is 2.37. The van der Waals surface area contributed by atoms with Gasteiger partial charge in [0, 0.05) is 5.92 Å². The molecule has 0 spiro atoms. The second-order valence-corrected chi connectivity index (χ2v) is 5.64. The Morgan fingerprint density at radius 3 is 2.14 bits per heavy atom. The summed E-state index contributed by atoms with van der Waals surface area (Å²) in [6.07, 6.45) is 11.2. The van der Waals surface area contributed by atoms with Crippen LogP contribution in [0.5, 0.6) is 0 Å². The molecule has 0 aliphatic rings. The topological polar surface area (TPSA) is 0 Å². The minimum atomic E-state index is 0.531. The summed E-state index contributed by atoms with van der Waals surface area (Å²) in [4.78, 5) is 0. The quantitative estimate of drug-likeness (QED) is 0.486. The number of benzene rings is 2. The highest BCUT2D eigenvalue weighted by molar-refractivity contribution is 5.50. The van der Waals surface area contributed by atoms with E-state index in [2.05, 4.69) is 79.7 Å². The van der Waals surface area contributed by atoms with E-state index in [1.807, 2.05) is 0 Å². The van der Waals surface area contributed by atoms with Crippen molar-refractivity contribution in [2.24, 2.45) is 0 Å². The molecule has 2 aromatic carbocycles. The number of allylic oxidation sites excluding steroid dienone is 1. The highest BCUT2D eigenvalue weighted by atomic mass is 14.1. The molecule has 110 valence electrons. The van der Waals surface area contributed by atoms with Gasteiger partial charge < -0.3 is 0 Å². The maximum atomic E-state index is 2.37. The highest BCUT2D eigenvalue weighted by Gasteiger charge is 2.07. The Balaban J connectivity index is 2.03. The molecule has 0 saturated heterocycles. The molecule has 0 nitrogen and oxygen atoms in total. The van der Waals surface area contributed by atoms with Crippen molar-refractivity contribution >= 4 is 6.08 Å². The van der Waals surface area contributed by atoms with E-state index in [4.69, 9.17) is 0 Å². The van der Waals surface area contributed by atoms with E-state index in [0.717, 1.165) is 0 Å². The Bertz CT molecular complexity index is 510. The van der Waals surface area contributed by atoms with Gasteiger partial charge in [-0.05, 0) is 17.5 Å². The fourth-order valence-corrected chi connectivity index (χ4v) is 2.66. The molecule has 0 bridgehead atoms. The lowest BCUT2D eigenvalue weighted by atomic mass is 9.92. The third-order valence-corrected chi connectivity index (χ3v) is 3.92. The molecule has 1 atom stereocenters. The molecule has 2 rings (SSSR count). The average Bonchev–Trinajstić information content (AvgIpc) is 2.56. The molecule has 0 heteroatoms. The van der Waals surface area contributed by atoms with Crippen LogP contribution in [0.25, 0.3) is 6.08 Å². The zero-order valence-corrected chi connectivity index (χ0v) is 13.0. The van der Waals surface area contributed by atoms with Gasteiger partial charge in [-0.3, -0.25) is 0 Å². The SMILES string of the molecule is CCCCCCC(/C=C/c1ccccc1)c1ccccc1. The van der Waals surface area contributed by atoms with Gasteiger partial charge in [0.05, 0.1) is 0 Å². The Labute approximate surface area is 129 Å². The van der Waals surface area contributed by atoms with Gasteiger partial charge in [-0.15, -0.1) is 0 Å². The molecule has 0 radical (unpaired) electrons. The van der Waals surface area contributed by atoms with Gasteiger partial charge in [0.1, 0.15) is 0 Å². The van der Waals surface area contributed by atoms with Crippen molar-refractivity contribution in [3.05, 3.63) is 77.9 Å². The summed E-state index contributed by atoms with van der Waals surface area (Å²) in [5, 5.41) is 0. The predicted octanol–water partition coefficient (Wildman–Crippen LogP) is 6.45. The summed E-state index contributed by atoms with van der Waals surface area (Å²) in [6, 6.07) is 21.5. The molecule has 0 aliphatic heterocycles. The first-order valence-electron chi connectivity index (χ1n) is 8.18. The number of rotatable bonds is 8. The molecule has 0 aromatic heterocycles. The molecule has 21 heavy (non-hydrogen) atoms. The first kappa shape index (κ1) is 15.6. The third-order valence-electron chi connectivity index (χ3n) is 3.92. The standard InChI is InChI=1S/C21H26/c1-2-3-4-9-16-21(20-14-10-6-11-15-20)18-17-19-12-7-5-8-13-19/h5-8,10-15,17-18,21H,2-4,9,16H2,1H3/b18-17+. The van der Waals surface area contributed by atoms with Crippen LogP contribution < -0.4 is 0 Å². The molecule has 0 saturated carbocycles. The van der Waals surface area contributed by atoms with Crippen molar-refractivity contribution in [3.63, 3.8) is 0 Å². The Hall–Kier alpha value is -1.82. The first-order chi connectivity index (χ1) is 10.4. The highest BCUT2D eigenvalue weighted by Crippen LogP contribution is 2.25. The largest absolute Gasteiger partial charge is 0.0764 e. The lowest BCUT2D eigenvalue weighted by Gasteiger charge is -2.13. The number of unbranched alkanes of at least 4 members (excludes halogenated alkanes) is 3. The summed E-state index contributed by atoms with van der Waals surface area (Å²) < 4.78 is 0. The van der Waals surface area contributed by atoms with E-state index in [1.54, 1.807) is 0 Å². The molecule has 0 N–H and O–H groups in total. The van der Waals surface area contributed by atoms with Crippen LogP contribution in [-0.4, -0.2) is 0 Å². The van der Waals surface area contributed by atoms with Crippen LogP contribution in [-0.2, 0) is 0 Å². The second-order valence-electron chi connectivity index (χ2n) is 5.64. The van der Waals surface area contributed by atoms with E-state index >= 15 is 0 Å². The van der Waals surface area contributed by atoms with Crippen molar-refractivity contribution in [1.82, 2.24) is 0 Å². The summed E-state index contributed by atoms with van der Waals surface area (Å²) in [5.74, 6) is 0.531. The summed E-state index contributed by atoms with van der Waals surface area (Å²) in [5.41, 5.74) is 2.72. The van der Waals surface area contributed by atoms with E-state index < -0.39 is 0 Å². The van der Waals surface area contributed by atoms with Crippen LogP contribution in [0, 0.1) is 0 Å². The van der Waals surface area contributed by atoms with Crippen LogP contribution in [0.15, 0.2) is 66.7 Å². The van der Waals surface area contributed by atoms with Crippen molar-refractivity contribution < 1.29 is 0 Å². The molecular formula is C21H26. The number of hydrogen-bond acceptors (Lipinski definition) is 0. The summed E-state index contributed by atoms with van der Waals surface area (Å²) in [6.45, 7) is 2.27. The first-order valence-corrected chi connectivity index (χ1v) is 8.18. The van der Waals surface area contributed by atoms with Crippen LogP contribution >= 0.6 is 0 Å².